The Morgan fingerprint density at radius 2 is 2.06 bits per heavy atom. The summed E-state index contributed by atoms with van der Waals surface area (Å²) >= 11 is 0. The van der Waals surface area contributed by atoms with Gasteiger partial charge in [0.05, 0.1) is 17.3 Å². The van der Waals surface area contributed by atoms with Crippen molar-refractivity contribution in [2.75, 3.05) is 5.32 Å². The van der Waals surface area contributed by atoms with Crippen molar-refractivity contribution in [3.8, 4) is 11.1 Å². The van der Waals surface area contributed by atoms with Crippen LogP contribution in [0.2, 0.25) is 0 Å². The van der Waals surface area contributed by atoms with Crippen molar-refractivity contribution in [3.05, 3.63) is 42.5 Å². The van der Waals surface area contributed by atoms with Crippen LogP contribution in [0.15, 0.2) is 36.9 Å². The minimum atomic E-state index is -4.53. The molecule has 4 aromatic heterocycles. The van der Waals surface area contributed by atoms with Gasteiger partial charge in [-0.05, 0) is 50.3 Å². The van der Waals surface area contributed by atoms with Crippen molar-refractivity contribution < 1.29 is 18.0 Å². The van der Waals surface area contributed by atoms with Gasteiger partial charge in [0.25, 0.3) is 5.91 Å². The van der Waals surface area contributed by atoms with E-state index in [9.17, 15) is 18.0 Å². The summed E-state index contributed by atoms with van der Waals surface area (Å²) in [7, 11) is 0. The van der Waals surface area contributed by atoms with Crippen molar-refractivity contribution in [1.29, 1.82) is 0 Å². The summed E-state index contributed by atoms with van der Waals surface area (Å²) in [5, 5.41) is 10.2. The number of pyridine rings is 1. The van der Waals surface area contributed by atoms with Gasteiger partial charge >= 0.3 is 6.18 Å². The average molecular weight is 457 g/mol. The summed E-state index contributed by atoms with van der Waals surface area (Å²) in [5.74, 6) is 0.380. The number of nitrogens with zero attached hydrogens (tertiary/aromatic N) is 4. The number of hydrogen-bond acceptors (Lipinski definition) is 5. The van der Waals surface area contributed by atoms with Crippen molar-refractivity contribution in [1.82, 2.24) is 29.9 Å². The van der Waals surface area contributed by atoms with Crippen LogP contribution in [-0.4, -0.2) is 48.7 Å². The highest BCUT2D eigenvalue weighted by Crippen LogP contribution is 2.34. The van der Waals surface area contributed by atoms with Crippen LogP contribution in [-0.2, 0) is 0 Å². The summed E-state index contributed by atoms with van der Waals surface area (Å²) < 4.78 is 40.0. The van der Waals surface area contributed by atoms with Crippen molar-refractivity contribution >= 4 is 28.4 Å². The van der Waals surface area contributed by atoms with Gasteiger partial charge in [0.1, 0.15) is 11.7 Å². The second-order valence-corrected chi connectivity index (χ2v) is 8.47. The molecule has 1 aliphatic rings. The molecular weight excluding hydrogens is 435 g/mol. The van der Waals surface area contributed by atoms with Crippen LogP contribution in [0.4, 0.5) is 19.1 Å². The van der Waals surface area contributed by atoms with Crippen LogP contribution in [0.5, 0.6) is 0 Å². The van der Waals surface area contributed by atoms with Crippen molar-refractivity contribution in [2.45, 2.75) is 44.9 Å². The van der Waals surface area contributed by atoms with E-state index in [-0.39, 0.29) is 5.56 Å². The number of halogens is 3. The SMILES string of the molecule is CC(Nc1ncc2c(-c3ccn4ncc(C(=O)NC(C)C(F)(F)F)c4c3)c[nH]c2n1)C1CC1. The molecule has 0 radical (unpaired) electrons. The van der Waals surface area contributed by atoms with E-state index < -0.39 is 18.1 Å². The van der Waals surface area contributed by atoms with Gasteiger partial charge in [-0.15, -0.1) is 0 Å². The zero-order valence-corrected chi connectivity index (χ0v) is 17.9. The molecule has 11 heteroatoms. The normalized spacial score (nSPS) is 16.2. The fraction of sp³-hybridized carbons (Fsp3) is 0.364. The number of carbonyl (C=O) groups is 1. The number of amides is 1. The van der Waals surface area contributed by atoms with Gasteiger partial charge in [-0.25, -0.2) is 9.50 Å². The molecule has 5 rings (SSSR count). The second kappa shape index (κ2) is 7.75. The third-order valence-corrected chi connectivity index (χ3v) is 6.03. The minimum absolute atomic E-state index is 0.0598. The maximum Gasteiger partial charge on any atom is 0.408 e. The lowest BCUT2D eigenvalue weighted by Crippen LogP contribution is -2.43. The van der Waals surface area contributed by atoms with Crippen LogP contribution >= 0.6 is 0 Å². The van der Waals surface area contributed by atoms with Gasteiger partial charge in [0, 0.05) is 35.6 Å². The standard InChI is InChI=1S/C22H22F3N7O/c1-11(13-3-4-13)29-21-27-9-16-15(8-26-19(16)31-21)14-5-6-32-18(7-14)17(10-28-32)20(33)30-12(2)22(23,24)25/h5-13H,3-4H2,1-2H3,(H,30,33)(H2,26,27,29,31). The Balaban J connectivity index is 1.45. The lowest BCUT2D eigenvalue weighted by atomic mass is 10.1. The van der Waals surface area contributed by atoms with E-state index in [0.29, 0.717) is 29.1 Å². The van der Waals surface area contributed by atoms with Crippen LogP contribution in [0.1, 0.15) is 37.0 Å². The Morgan fingerprint density at radius 3 is 2.79 bits per heavy atom. The summed E-state index contributed by atoms with van der Waals surface area (Å²) in [6.45, 7) is 3.02. The largest absolute Gasteiger partial charge is 0.408 e. The van der Waals surface area contributed by atoms with Gasteiger partial charge in [-0.1, -0.05) is 0 Å². The lowest BCUT2D eigenvalue weighted by Gasteiger charge is -2.16. The third kappa shape index (κ3) is 4.10. The molecule has 33 heavy (non-hydrogen) atoms. The molecule has 0 aromatic carbocycles. The number of aromatic nitrogens is 5. The molecule has 0 bridgehead atoms. The molecule has 3 N–H and O–H groups in total. The maximum absolute atomic E-state index is 12.8. The van der Waals surface area contributed by atoms with Crippen molar-refractivity contribution in [3.63, 3.8) is 0 Å². The first-order chi connectivity index (χ1) is 15.7. The number of carbonyl (C=O) groups excluding carboxylic acids is 1. The minimum Gasteiger partial charge on any atom is -0.351 e. The fourth-order valence-corrected chi connectivity index (χ4v) is 3.81. The van der Waals surface area contributed by atoms with Gasteiger partial charge < -0.3 is 15.6 Å². The zero-order chi connectivity index (χ0) is 23.3. The van der Waals surface area contributed by atoms with E-state index in [0.717, 1.165) is 23.4 Å². The topological polar surface area (TPSA) is 100 Å². The molecular formula is C22H22F3N7O. The first kappa shape index (κ1) is 21.2. The number of H-pyrrole nitrogens is 1. The highest BCUT2D eigenvalue weighted by molar-refractivity contribution is 6.02. The first-order valence-electron chi connectivity index (χ1n) is 10.7. The monoisotopic (exact) mass is 457 g/mol. The molecule has 172 valence electrons. The predicted octanol–water partition coefficient (Wildman–Crippen LogP) is 4.16. The molecule has 1 aliphatic carbocycles. The Morgan fingerprint density at radius 1 is 1.27 bits per heavy atom. The number of fused-ring (bicyclic) bond motifs is 2. The Hall–Kier alpha value is -3.63. The van der Waals surface area contributed by atoms with E-state index >= 15 is 0 Å². The molecule has 0 saturated heterocycles. The quantitative estimate of drug-likeness (QED) is 0.404. The Kier molecular flexibility index (Phi) is 4.98. The van der Waals surface area contributed by atoms with Crippen molar-refractivity contribution in [2.24, 2.45) is 5.92 Å². The van der Waals surface area contributed by atoms with Crippen LogP contribution < -0.4 is 10.6 Å². The number of aromatic amines is 1. The Bertz CT molecular complexity index is 1340. The molecule has 1 fully saturated rings. The Labute approximate surface area is 186 Å². The number of anilines is 1. The molecule has 8 nitrogen and oxygen atoms in total. The van der Waals surface area contributed by atoms with E-state index in [2.05, 4.69) is 32.3 Å². The molecule has 0 aliphatic heterocycles. The fourth-order valence-electron chi connectivity index (χ4n) is 3.81. The molecule has 0 spiro atoms. The molecule has 1 saturated carbocycles. The van der Waals surface area contributed by atoms with Crippen LogP contribution in [0.3, 0.4) is 0 Å². The highest BCUT2D eigenvalue weighted by Gasteiger charge is 2.37. The second-order valence-electron chi connectivity index (χ2n) is 8.47. The zero-order valence-electron chi connectivity index (χ0n) is 17.9. The molecule has 1 amide bonds. The van der Waals surface area contributed by atoms with E-state index in [1.165, 1.54) is 23.6 Å². The van der Waals surface area contributed by atoms with Gasteiger partial charge in [-0.2, -0.15) is 23.3 Å². The molecule has 4 heterocycles. The smallest absolute Gasteiger partial charge is 0.351 e. The van der Waals surface area contributed by atoms with Gasteiger partial charge in [-0.3, -0.25) is 4.79 Å². The average Bonchev–Trinajstić information content (AvgIpc) is 3.41. The summed E-state index contributed by atoms with van der Waals surface area (Å²) in [5.41, 5.74) is 2.68. The summed E-state index contributed by atoms with van der Waals surface area (Å²) in [6.07, 6.45) is 4.34. The van der Waals surface area contributed by atoms with E-state index in [1.807, 2.05) is 11.4 Å². The first-order valence-corrected chi connectivity index (χ1v) is 10.7. The number of nitrogens with one attached hydrogen (secondary N) is 3. The van der Waals surface area contributed by atoms with Crippen LogP contribution in [0.25, 0.3) is 27.7 Å². The highest BCUT2D eigenvalue weighted by atomic mass is 19.4. The van der Waals surface area contributed by atoms with E-state index in [4.69, 9.17) is 0 Å². The van der Waals surface area contributed by atoms with Gasteiger partial charge in [0.2, 0.25) is 5.95 Å². The number of hydrogen-bond donors (Lipinski definition) is 3. The predicted molar refractivity (Wildman–Crippen MR) is 117 cm³/mol. The molecule has 2 unspecified atom stereocenters. The molecule has 4 aromatic rings. The van der Waals surface area contributed by atoms with Gasteiger partial charge in [0.15, 0.2) is 0 Å². The summed E-state index contributed by atoms with van der Waals surface area (Å²) in [6, 6.07) is 1.86. The lowest BCUT2D eigenvalue weighted by molar-refractivity contribution is -0.149. The maximum atomic E-state index is 12.8. The third-order valence-electron chi connectivity index (χ3n) is 6.03. The summed E-state index contributed by atoms with van der Waals surface area (Å²) in [4.78, 5) is 24.6. The number of alkyl halides is 3. The number of rotatable bonds is 6. The molecule has 2 atom stereocenters. The van der Waals surface area contributed by atoms with E-state index in [1.54, 1.807) is 24.7 Å². The van der Waals surface area contributed by atoms with Crippen LogP contribution in [0, 0.1) is 5.92 Å².